The lowest BCUT2D eigenvalue weighted by molar-refractivity contribution is 0.474. The van der Waals surface area contributed by atoms with Crippen LogP contribution in [0.4, 0.5) is 4.39 Å². The van der Waals surface area contributed by atoms with Crippen LogP contribution in [0.2, 0.25) is 0 Å². The molecule has 1 aromatic carbocycles. The van der Waals surface area contributed by atoms with Crippen molar-refractivity contribution in [2.75, 3.05) is 0 Å². The van der Waals surface area contributed by atoms with E-state index in [2.05, 4.69) is 10.3 Å². The lowest BCUT2D eigenvalue weighted by Crippen LogP contribution is -2.18. The molecule has 0 saturated heterocycles. The second kappa shape index (κ2) is 5.60. The van der Waals surface area contributed by atoms with Gasteiger partial charge in [-0.15, -0.1) is 0 Å². The summed E-state index contributed by atoms with van der Waals surface area (Å²) in [6.45, 7) is 2.61. The average molecular weight is 246 g/mol. The summed E-state index contributed by atoms with van der Waals surface area (Å²) in [6, 6.07) is 8.47. The molecule has 0 aliphatic rings. The first-order valence-corrected chi connectivity index (χ1v) is 5.77. The van der Waals surface area contributed by atoms with Crippen molar-refractivity contribution in [3.8, 4) is 5.75 Å². The number of hydrogen-bond donors (Lipinski definition) is 2. The number of halogens is 1. The maximum Gasteiger partial charge on any atom is 0.141 e. The minimum atomic E-state index is -0.328. The minimum absolute atomic E-state index is 0.0157. The van der Waals surface area contributed by atoms with Gasteiger partial charge in [-0.3, -0.25) is 4.98 Å². The molecule has 1 heterocycles. The van der Waals surface area contributed by atoms with Crippen LogP contribution in [0.5, 0.6) is 5.75 Å². The number of pyridine rings is 1. The molecule has 0 fully saturated rings. The second-order valence-electron chi connectivity index (χ2n) is 4.21. The van der Waals surface area contributed by atoms with Crippen LogP contribution >= 0.6 is 0 Å². The van der Waals surface area contributed by atoms with Crippen LogP contribution in [0.25, 0.3) is 0 Å². The van der Waals surface area contributed by atoms with E-state index in [0.29, 0.717) is 6.54 Å². The number of aromatic hydroxyl groups is 1. The van der Waals surface area contributed by atoms with Gasteiger partial charge in [0.2, 0.25) is 0 Å². The first-order valence-electron chi connectivity index (χ1n) is 5.77. The topological polar surface area (TPSA) is 45.1 Å². The number of hydrogen-bond acceptors (Lipinski definition) is 3. The fraction of sp³-hybridized carbons (Fsp3) is 0.214. The van der Waals surface area contributed by atoms with Crippen molar-refractivity contribution >= 4 is 0 Å². The summed E-state index contributed by atoms with van der Waals surface area (Å²) in [7, 11) is 0. The summed E-state index contributed by atoms with van der Waals surface area (Å²) in [5.74, 6) is -0.0769. The Morgan fingerprint density at radius 3 is 2.67 bits per heavy atom. The van der Waals surface area contributed by atoms with Crippen molar-refractivity contribution in [1.29, 1.82) is 0 Å². The van der Waals surface area contributed by atoms with Crippen LogP contribution < -0.4 is 5.32 Å². The molecule has 1 unspecified atom stereocenters. The van der Waals surface area contributed by atoms with Crippen molar-refractivity contribution in [2.24, 2.45) is 0 Å². The Hall–Kier alpha value is -1.94. The van der Waals surface area contributed by atoms with Crippen molar-refractivity contribution in [3.63, 3.8) is 0 Å². The third-order valence-electron chi connectivity index (χ3n) is 2.77. The molecule has 18 heavy (non-hydrogen) atoms. The number of phenols is 1. The number of aromatic nitrogens is 1. The molecule has 0 aliphatic heterocycles. The number of nitrogens with one attached hydrogen (secondary N) is 1. The predicted molar refractivity (Wildman–Crippen MR) is 67.6 cm³/mol. The largest absolute Gasteiger partial charge is 0.508 e. The summed E-state index contributed by atoms with van der Waals surface area (Å²) >= 11 is 0. The number of phenolic OH excluding ortho intramolecular Hbond substituents is 1. The average Bonchev–Trinajstić information content (AvgIpc) is 2.38. The Balaban J connectivity index is 1.96. The van der Waals surface area contributed by atoms with Gasteiger partial charge in [-0.25, -0.2) is 4.39 Å². The van der Waals surface area contributed by atoms with Gasteiger partial charge in [0.15, 0.2) is 0 Å². The van der Waals surface area contributed by atoms with Gasteiger partial charge in [0.05, 0.1) is 6.20 Å². The van der Waals surface area contributed by atoms with Crippen molar-refractivity contribution in [1.82, 2.24) is 10.3 Å². The fourth-order valence-corrected chi connectivity index (χ4v) is 1.67. The summed E-state index contributed by atoms with van der Waals surface area (Å²) in [5.41, 5.74) is 1.87. The van der Waals surface area contributed by atoms with Crippen LogP contribution in [0.3, 0.4) is 0 Å². The molecular formula is C14H15FN2O. The quantitative estimate of drug-likeness (QED) is 0.872. The molecule has 0 saturated carbocycles. The van der Waals surface area contributed by atoms with Gasteiger partial charge in [0.1, 0.15) is 11.6 Å². The van der Waals surface area contributed by atoms with Crippen LogP contribution in [0.15, 0.2) is 42.7 Å². The molecule has 1 aromatic heterocycles. The first-order chi connectivity index (χ1) is 8.65. The maximum atomic E-state index is 13.0. The van der Waals surface area contributed by atoms with Crippen LogP contribution in [0, 0.1) is 5.82 Å². The Morgan fingerprint density at radius 2 is 2.00 bits per heavy atom. The van der Waals surface area contributed by atoms with Crippen molar-refractivity contribution < 1.29 is 9.50 Å². The van der Waals surface area contributed by atoms with Crippen LogP contribution in [0.1, 0.15) is 24.1 Å². The molecule has 0 amide bonds. The predicted octanol–water partition coefficient (Wildman–Crippen LogP) is 2.78. The monoisotopic (exact) mass is 246 g/mol. The van der Waals surface area contributed by atoms with Crippen molar-refractivity contribution in [2.45, 2.75) is 19.5 Å². The molecule has 0 radical (unpaired) electrons. The number of benzene rings is 1. The zero-order chi connectivity index (χ0) is 13.0. The van der Waals surface area contributed by atoms with Crippen molar-refractivity contribution in [3.05, 3.63) is 59.7 Å². The first kappa shape index (κ1) is 12.5. The van der Waals surface area contributed by atoms with E-state index in [-0.39, 0.29) is 17.6 Å². The summed E-state index contributed by atoms with van der Waals surface area (Å²) in [6.07, 6.45) is 2.84. The summed E-state index contributed by atoms with van der Waals surface area (Å²) in [4.78, 5) is 3.82. The maximum absolute atomic E-state index is 13.0. The standard InChI is InChI=1S/C14H15FN2O/c1-10(12-6-13(15)9-16-8-12)17-7-11-2-4-14(18)5-3-11/h2-6,8-10,17-18H,7H2,1H3. The Labute approximate surface area is 105 Å². The molecule has 2 rings (SSSR count). The van der Waals surface area contributed by atoms with E-state index in [0.717, 1.165) is 11.1 Å². The smallest absolute Gasteiger partial charge is 0.141 e. The van der Waals surface area contributed by atoms with E-state index in [9.17, 15) is 9.50 Å². The van der Waals surface area contributed by atoms with Gasteiger partial charge < -0.3 is 10.4 Å². The highest BCUT2D eigenvalue weighted by Gasteiger charge is 2.06. The lowest BCUT2D eigenvalue weighted by atomic mass is 10.1. The zero-order valence-electron chi connectivity index (χ0n) is 10.1. The van der Waals surface area contributed by atoms with E-state index < -0.39 is 0 Å². The van der Waals surface area contributed by atoms with Gasteiger partial charge in [-0.1, -0.05) is 12.1 Å². The highest BCUT2D eigenvalue weighted by Crippen LogP contribution is 2.14. The van der Waals surface area contributed by atoms with E-state index in [1.165, 1.54) is 12.3 Å². The molecule has 3 nitrogen and oxygen atoms in total. The van der Waals surface area contributed by atoms with Crippen LogP contribution in [-0.4, -0.2) is 10.1 Å². The third-order valence-corrected chi connectivity index (χ3v) is 2.77. The number of rotatable bonds is 4. The van der Waals surface area contributed by atoms with E-state index in [4.69, 9.17) is 0 Å². The molecule has 2 aromatic rings. The highest BCUT2D eigenvalue weighted by atomic mass is 19.1. The highest BCUT2D eigenvalue weighted by molar-refractivity contribution is 5.26. The second-order valence-corrected chi connectivity index (χ2v) is 4.21. The molecule has 0 bridgehead atoms. The summed E-state index contributed by atoms with van der Waals surface area (Å²) < 4.78 is 13.0. The molecule has 0 spiro atoms. The Bertz CT molecular complexity index is 513. The normalized spacial score (nSPS) is 12.3. The van der Waals surface area contributed by atoms with Gasteiger partial charge in [-0.05, 0) is 36.2 Å². The Morgan fingerprint density at radius 1 is 1.28 bits per heavy atom. The molecule has 4 heteroatoms. The Kier molecular flexibility index (Phi) is 3.89. The minimum Gasteiger partial charge on any atom is -0.508 e. The molecular weight excluding hydrogens is 231 g/mol. The molecule has 2 N–H and O–H groups in total. The van der Waals surface area contributed by atoms with Gasteiger partial charge in [0.25, 0.3) is 0 Å². The van der Waals surface area contributed by atoms with Gasteiger partial charge >= 0.3 is 0 Å². The molecule has 94 valence electrons. The SMILES string of the molecule is CC(NCc1ccc(O)cc1)c1cncc(F)c1. The molecule has 0 aliphatic carbocycles. The number of nitrogens with zero attached hydrogens (tertiary/aromatic N) is 1. The summed E-state index contributed by atoms with van der Waals surface area (Å²) in [5, 5.41) is 12.4. The van der Waals surface area contributed by atoms with Gasteiger partial charge in [-0.2, -0.15) is 0 Å². The third kappa shape index (κ3) is 3.28. The van der Waals surface area contributed by atoms with Gasteiger partial charge in [0, 0.05) is 18.8 Å². The van der Waals surface area contributed by atoms with E-state index >= 15 is 0 Å². The van der Waals surface area contributed by atoms with E-state index in [1.807, 2.05) is 19.1 Å². The fourth-order valence-electron chi connectivity index (χ4n) is 1.67. The molecule has 1 atom stereocenters. The van der Waals surface area contributed by atoms with Crippen LogP contribution in [-0.2, 0) is 6.54 Å². The van der Waals surface area contributed by atoms with E-state index in [1.54, 1.807) is 18.3 Å². The zero-order valence-corrected chi connectivity index (χ0v) is 10.1. The lowest BCUT2D eigenvalue weighted by Gasteiger charge is -2.14.